The molecule has 0 spiro atoms. The largest absolute Gasteiger partial charge is 0.399 e. The minimum absolute atomic E-state index is 0.0640. The fourth-order valence-corrected chi connectivity index (χ4v) is 3.33. The van der Waals surface area contributed by atoms with Crippen molar-refractivity contribution < 1.29 is 13.2 Å². The fourth-order valence-electron chi connectivity index (χ4n) is 1.85. The molecule has 0 atom stereocenters. The Kier molecular flexibility index (Phi) is 4.73. The van der Waals surface area contributed by atoms with Gasteiger partial charge >= 0.3 is 6.03 Å². The molecule has 0 bridgehead atoms. The normalized spacial score (nSPS) is 11.3. The Balaban J connectivity index is 2.86. The number of hydrogen-bond acceptors (Lipinski definition) is 4. The number of anilines is 1. The maximum Gasteiger partial charge on any atom is 0.312 e. The molecule has 0 unspecified atom stereocenters. The standard InChI is InChI=1S/C11H18N4O3S/c1-7-5-9(12)6-8(2)10(7)19(17,18)15-4-3-14-11(13)16/h5-6,15H,3-4,12H2,1-2H3,(H3,13,14,16). The van der Waals surface area contributed by atoms with Gasteiger partial charge in [-0.15, -0.1) is 0 Å². The summed E-state index contributed by atoms with van der Waals surface area (Å²) in [7, 11) is -3.63. The van der Waals surface area contributed by atoms with E-state index in [1.807, 2.05) is 0 Å². The maximum atomic E-state index is 12.1. The third kappa shape index (κ3) is 4.11. The van der Waals surface area contributed by atoms with Crippen LogP contribution in [-0.4, -0.2) is 27.5 Å². The zero-order valence-electron chi connectivity index (χ0n) is 10.9. The van der Waals surface area contributed by atoms with Crippen LogP contribution in [-0.2, 0) is 10.0 Å². The molecule has 0 fully saturated rings. The van der Waals surface area contributed by atoms with Crippen LogP contribution in [0.4, 0.5) is 10.5 Å². The first kappa shape index (κ1) is 15.3. The van der Waals surface area contributed by atoms with Crippen molar-refractivity contribution in [1.29, 1.82) is 0 Å². The summed E-state index contributed by atoms with van der Waals surface area (Å²) >= 11 is 0. The molecule has 0 aliphatic rings. The second-order valence-corrected chi connectivity index (χ2v) is 5.88. The third-order valence-electron chi connectivity index (χ3n) is 2.47. The van der Waals surface area contributed by atoms with Crippen LogP contribution in [0.15, 0.2) is 17.0 Å². The van der Waals surface area contributed by atoms with E-state index in [1.165, 1.54) is 0 Å². The molecule has 0 radical (unpaired) electrons. The van der Waals surface area contributed by atoms with Gasteiger partial charge in [0.25, 0.3) is 0 Å². The van der Waals surface area contributed by atoms with E-state index in [-0.39, 0.29) is 18.0 Å². The fraction of sp³-hybridized carbons (Fsp3) is 0.364. The molecule has 2 amide bonds. The lowest BCUT2D eigenvalue weighted by Crippen LogP contribution is -2.37. The quantitative estimate of drug-likeness (QED) is 0.442. The van der Waals surface area contributed by atoms with Crippen molar-refractivity contribution in [2.45, 2.75) is 18.7 Å². The van der Waals surface area contributed by atoms with E-state index in [1.54, 1.807) is 26.0 Å². The highest BCUT2D eigenvalue weighted by molar-refractivity contribution is 7.89. The van der Waals surface area contributed by atoms with E-state index in [0.717, 1.165) is 0 Å². The summed E-state index contributed by atoms with van der Waals surface area (Å²) in [5.41, 5.74) is 12.2. The number of nitrogen functional groups attached to an aromatic ring is 1. The van der Waals surface area contributed by atoms with Gasteiger partial charge in [-0.1, -0.05) is 0 Å². The van der Waals surface area contributed by atoms with Gasteiger partial charge in [0, 0.05) is 18.8 Å². The Morgan fingerprint density at radius 2 is 1.74 bits per heavy atom. The monoisotopic (exact) mass is 286 g/mol. The molecule has 0 saturated carbocycles. The molecule has 19 heavy (non-hydrogen) atoms. The lowest BCUT2D eigenvalue weighted by molar-refractivity contribution is 0.249. The van der Waals surface area contributed by atoms with Crippen molar-refractivity contribution in [1.82, 2.24) is 10.0 Å². The Morgan fingerprint density at radius 3 is 2.21 bits per heavy atom. The minimum atomic E-state index is -3.63. The topological polar surface area (TPSA) is 127 Å². The predicted octanol–water partition coefficient (Wildman–Crippen LogP) is -0.168. The van der Waals surface area contributed by atoms with Crippen LogP contribution in [0, 0.1) is 13.8 Å². The van der Waals surface area contributed by atoms with Gasteiger partial charge < -0.3 is 16.8 Å². The van der Waals surface area contributed by atoms with Crippen LogP contribution in [0.1, 0.15) is 11.1 Å². The van der Waals surface area contributed by atoms with Crippen molar-refractivity contribution in [2.75, 3.05) is 18.8 Å². The molecule has 106 valence electrons. The SMILES string of the molecule is Cc1cc(N)cc(C)c1S(=O)(=O)NCCNC(N)=O. The number of urea groups is 1. The van der Waals surface area contributed by atoms with Crippen molar-refractivity contribution >= 4 is 21.7 Å². The van der Waals surface area contributed by atoms with Gasteiger partial charge in [-0.05, 0) is 37.1 Å². The lowest BCUT2D eigenvalue weighted by atomic mass is 10.1. The maximum absolute atomic E-state index is 12.1. The van der Waals surface area contributed by atoms with E-state index in [2.05, 4.69) is 10.0 Å². The number of hydrogen-bond donors (Lipinski definition) is 4. The Hall–Kier alpha value is -1.80. The van der Waals surface area contributed by atoms with E-state index < -0.39 is 16.1 Å². The number of carbonyl (C=O) groups excluding carboxylic acids is 1. The van der Waals surface area contributed by atoms with Crippen LogP contribution in [0.5, 0.6) is 0 Å². The molecule has 7 nitrogen and oxygen atoms in total. The summed E-state index contributed by atoms with van der Waals surface area (Å²) in [5.74, 6) is 0. The van der Waals surface area contributed by atoms with Gasteiger partial charge in [0.15, 0.2) is 0 Å². The van der Waals surface area contributed by atoms with Crippen molar-refractivity contribution in [3.63, 3.8) is 0 Å². The van der Waals surface area contributed by atoms with E-state index in [9.17, 15) is 13.2 Å². The zero-order valence-corrected chi connectivity index (χ0v) is 11.7. The molecule has 1 rings (SSSR count). The molecule has 0 aliphatic carbocycles. The van der Waals surface area contributed by atoms with Crippen LogP contribution in [0.2, 0.25) is 0 Å². The van der Waals surface area contributed by atoms with Gasteiger partial charge in [0.1, 0.15) is 0 Å². The van der Waals surface area contributed by atoms with E-state index in [0.29, 0.717) is 16.8 Å². The number of nitrogens with one attached hydrogen (secondary N) is 2. The average Bonchev–Trinajstić information content (AvgIpc) is 2.22. The Morgan fingerprint density at radius 1 is 1.21 bits per heavy atom. The molecule has 0 heterocycles. The highest BCUT2D eigenvalue weighted by Gasteiger charge is 2.19. The lowest BCUT2D eigenvalue weighted by Gasteiger charge is -2.13. The highest BCUT2D eigenvalue weighted by atomic mass is 32.2. The molecule has 0 aromatic heterocycles. The van der Waals surface area contributed by atoms with Gasteiger partial charge in [-0.2, -0.15) is 0 Å². The second kappa shape index (κ2) is 5.89. The molecule has 1 aromatic rings. The Bertz CT molecular complexity index is 561. The number of rotatable bonds is 5. The van der Waals surface area contributed by atoms with Gasteiger partial charge in [0.05, 0.1) is 4.90 Å². The van der Waals surface area contributed by atoms with Crippen LogP contribution < -0.4 is 21.5 Å². The smallest absolute Gasteiger partial charge is 0.312 e. The van der Waals surface area contributed by atoms with Crippen LogP contribution >= 0.6 is 0 Å². The molecular formula is C11H18N4O3S. The number of sulfonamides is 1. The van der Waals surface area contributed by atoms with Crippen LogP contribution in [0.3, 0.4) is 0 Å². The van der Waals surface area contributed by atoms with Crippen molar-refractivity contribution in [3.8, 4) is 0 Å². The number of amides is 2. The molecule has 0 saturated heterocycles. The van der Waals surface area contributed by atoms with Crippen LogP contribution in [0.25, 0.3) is 0 Å². The minimum Gasteiger partial charge on any atom is -0.399 e. The summed E-state index contributed by atoms with van der Waals surface area (Å²) in [6.07, 6.45) is 0. The number of benzene rings is 1. The molecule has 1 aromatic carbocycles. The predicted molar refractivity (Wildman–Crippen MR) is 73.1 cm³/mol. The summed E-state index contributed by atoms with van der Waals surface area (Å²) in [4.78, 5) is 10.7. The van der Waals surface area contributed by atoms with Gasteiger partial charge in [0.2, 0.25) is 10.0 Å². The summed E-state index contributed by atoms with van der Waals surface area (Å²) in [5, 5.41) is 2.30. The summed E-state index contributed by atoms with van der Waals surface area (Å²) < 4.78 is 26.7. The second-order valence-electron chi connectivity index (χ2n) is 4.17. The molecule has 8 heteroatoms. The van der Waals surface area contributed by atoms with E-state index >= 15 is 0 Å². The first-order valence-electron chi connectivity index (χ1n) is 5.63. The van der Waals surface area contributed by atoms with Crippen molar-refractivity contribution in [3.05, 3.63) is 23.3 Å². The third-order valence-corrected chi connectivity index (χ3v) is 4.23. The number of aryl methyl sites for hydroxylation is 2. The van der Waals surface area contributed by atoms with Gasteiger partial charge in [-0.25, -0.2) is 17.9 Å². The van der Waals surface area contributed by atoms with Gasteiger partial charge in [-0.3, -0.25) is 0 Å². The first-order chi connectivity index (χ1) is 8.74. The summed E-state index contributed by atoms with van der Waals surface area (Å²) in [6.45, 7) is 3.55. The average molecular weight is 286 g/mol. The Labute approximate surface area is 112 Å². The number of nitrogens with two attached hydrogens (primary N) is 2. The number of primary amides is 1. The zero-order chi connectivity index (χ0) is 14.6. The first-order valence-corrected chi connectivity index (χ1v) is 7.12. The summed E-state index contributed by atoms with van der Waals surface area (Å²) in [6, 6.07) is 2.51. The number of carbonyl (C=O) groups is 1. The van der Waals surface area contributed by atoms with Crippen molar-refractivity contribution in [2.24, 2.45) is 5.73 Å². The highest BCUT2D eigenvalue weighted by Crippen LogP contribution is 2.22. The van der Waals surface area contributed by atoms with E-state index in [4.69, 9.17) is 11.5 Å². The molecule has 0 aliphatic heterocycles. The molecular weight excluding hydrogens is 268 g/mol. The molecule has 6 N–H and O–H groups in total.